The molecule has 1 atom stereocenters. The molecule has 0 aliphatic heterocycles. The van der Waals surface area contributed by atoms with E-state index in [1.54, 1.807) is 7.11 Å². The van der Waals surface area contributed by atoms with Crippen molar-refractivity contribution in [3.05, 3.63) is 29.3 Å². The summed E-state index contributed by atoms with van der Waals surface area (Å²) < 4.78 is 5.38. The highest BCUT2D eigenvalue weighted by Gasteiger charge is 2.44. The highest BCUT2D eigenvalue weighted by molar-refractivity contribution is 5.44. The number of aryl methyl sites for hydroxylation is 1. The van der Waals surface area contributed by atoms with Crippen molar-refractivity contribution in [3.8, 4) is 5.75 Å². The molecule has 1 aromatic carbocycles. The van der Waals surface area contributed by atoms with Crippen molar-refractivity contribution in [2.45, 2.75) is 50.0 Å². The van der Waals surface area contributed by atoms with Crippen LogP contribution in [0.2, 0.25) is 0 Å². The summed E-state index contributed by atoms with van der Waals surface area (Å²) in [7, 11) is 1.74. The number of ether oxygens (including phenoxy) is 1. The second-order valence-electron chi connectivity index (χ2n) is 5.53. The zero-order valence-electron chi connectivity index (χ0n) is 10.5. The first kappa shape index (κ1) is 11.1. The van der Waals surface area contributed by atoms with Crippen LogP contribution in [-0.4, -0.2) is 13.2 Å². The molecule has 17 heavy (non-hydrogen) atoms. The van der Waals surface area contributed by atoms with Gasteiger partial charge in [0.05, 0.1) is 7.11 Å². The Balaban J connectivity index is 2.12. The summed E-state index contributed by atoms with van der Waals surface area (Å²) in [5.74, 6) is 0.976. The monoisotopic (exact) mass is 231 g/mol. The van der Waals surface area contributed by atoms with E-state index in [9.17, 15) is 0 Å². The number of hydrogen-bond donors (Lipinski definition) is 1. The Hall–Kier alpha value is -1.02. The molecule has 2 heteroatoms. The zero-order chi connectivity index (χ0) is 11.9. The Bertz CT molecular complexity index is 421. The van der Waals surface area contributed by atoms with E-state index in [0.29, 0.717) is 6.04 Å². The molecule has 1 aromatic rings. The third kappa shape index (κ3) is 1.58. The number of fused-ring (bicyclic) bond motifs is 2. The molecule has 0 bridgehead atoms. The molecule has 2 nitrogen and oxygen atoms in total. The number of rotatable bonds is 1. The van der Waals surface area contributed by atoms with Crippen molar-refractivity contribution in [2.75, 3.05) is 7.11 Å². The second-order valence-corrected chi connectivity index (χ2v) is 5.53. The molecular weight excluding hydrogens is 210 g/mol. The molecular formula is C15H21NO. The molecule has 2 aliphatic rings. The molecule has 0 saturated heterocycles. The van der Waals surface area contributed by atoms with Crippen LogP contribution in [0.4, 0.5) is 0 Å². The Morgan fingerprint density at radius 2 is 2.06 bits per heavy atom. The van der Waals surface area contributed by atoms with Gasteiger partial charge in [0.25, 0.3) is 0 Å². The van der Waals surface area contributed by atoms with Gasteiger partial charge in [-0.15, -0.1) is 0 Å². The maximum absolute atomic E-state index is 6.44. The van der Waals surface area contributed by atoms with Gasteiger partial charge in [0, 0.05) is 11.5 Å². The maximum atomic E-state index is 6.44. The maximum Gasteiger partial charge on any atom is 0.119 e. The predicted octanol–water partition coefficient (Wildman–Crippen LogP) is 2.78. The van der Waals surface area contributed by atoms with Crippen molar-refractivity contribution >= 4 is 0 Å². The zero-order valence-corrected chi connectivity index (χ0v) is 10.5. The molecule has 1 spiro atoms. The SMILES string of the molecule is COc1ccc2c(c1)C1(CCCC1)C(N)CC2. The van der Waals surface area contributed by atoms with E-state index in [4.69, 9.17) is 10.5 Å². The minimum atomic E-state index is 0.252. The van der Waals surface area contributed by atoms with Crippen LogP contribution < -0.4 is 10.5 Å². The lowest BCUT2D eigenvalue weighted by atomic mass is 9.66. The summed E-state index contributed by atoms with van der Waals surface area (Å²) >= 11 is 0. The molecule has 0 heterocycles. The average Bonchev–Trinajstić information content (AvgIpc) is 2.85. The summed E-state index contributed by atoms with van der Waals surface area (Å²) in [6.45, 7) is 0. The third-order valence-electron chi connectivity index (χ3n) is 4.78. The van der Waals surface area contributed by atoms with Crippen LogP contribution in [0.5, 0.6) is 5.75 Å². The summed E-state index contributed by atoms with van der Waals surface area (Å²) in [4.78, 5) is 0. The van der Waals surface area contributed by atoms with Gasteiger partial charge < -0.3 is 10.5 Å². The van der Waals surface area contributed by atoms with Crippen molar-refractivity contribution in [1.82, 2.24) is 0 Å². The van der Waals surface area contributed by atoms with Gasteiger partial charge >= 0.3 is 0 Å². The van der Waals surface area contributed by atoms with E-state index in [1.807, 2.05) is 0 Å². The summed E-state index contributed by atoms with van der Waals surface area (Å²) in [6, 6.07) is 6.89. The number of nitrogens with two attached hydrogens (primary N) is 1. The molecule has 0 aromatic heterocycles. The fourth-order valence-corrected chi connectivity index (χ4v) is 3.80. The first-order chi connectivity index (χ1) is 8.26. The van der Waals surface area contributed by atoms with Crippen LogP contribution in [0, 0.1) is 0 Å². The van der Waals surface area contributed by atoms with Crippen LogP contribution in [-0.2, 0) is 11.8 Å². The fourth-order valence-electron chi connectivity index (χ4n) is 3.80. The Morgan fingerprint density at radius 1 is 1.29 bits per heavy atom. The van der Waals surface area contributed by atoms with Gasteiger partial charge in [0.1, 0.15) is 5.75 Å². The second kappa shape index (κ2) is 4.02. The molecule has 1 saturated carbocycles. The number of methoxy groups -OCH3 is 1. The Labute approximate surface area is 103 Å². The standard InChI is InChI=1S/C15H21NO/c1-17-12-6-4-11-5-7-14(16)15(13(11)10-12)8-2-3-9-15/h4,6,10,14H,2-3,5,7-9,16H2,1H3. The minimum absolute atomic E-state index is 0.252. The smallest absolute Gasteiger partial charge is 0.119 e. The van der Waals surface area contributed by atoms with Gasteiger partial charge in [-0.05, 0) is 48.9 Å². The van der Waals surface area contributed by atoms with E-state index >= 15 is 0 Å². The van der Waals surface area contributed by atoms with Crippen molar-refractivity contribution in [1.29, 1.82) is 0 Å². The largest absolute Gasteiger partial charge is 0.497 e. The van der Waals surface area contributed by atoms with E-state index in [1.165, 1.54) is 36.8 Å². The van der Waals surface area contributed by atoms with Gasteiger partial charge in [-0.25, -0.2) is 0 Å². The van der Waals surface area contributed by atoms with E-state index < -0.39 is 0 Å². The first-order valence-corrected chi connectivity index (χ1v) is 6.69. The van der Waals surface area contributed by atoms with Crippen LogP contribution in [0.25, 0.3) is 0 Å². The van der Waals surface area contributed by atoms with Crippen LogP contribution in [0.15, 0.2) is 18.2 Å². The molecule has 1 unspecified atom stereocenters. The summed E-state index contributed by atoms with van der Waals surface area (Å²) in [6.07, 6.45) is 7.43. The Morgan fingerprint density at radius 3 is 2.76 bits per heavy atom. The highest BCUT2D eigenvalue weighted by Crippen LogP contribution is 2.48. The molecule has 3 rings (SSSR count). The van der Waals surface area contributed by atoms with E-state index in [2.05, 4.69) is 18.2 Å². The van der Waals surface area contributed by atoms with Gasteiger partial charge in [-0.1, -0.05) is 18.9 Å². The predicted molar refractivity (Wildman–Crippen MR) is 69.4 cm³/mol. The van der Waals surface area contributed by atoms with Gasteiger partial charge in [0.2, 0.25) is 0 Å². The average molecular weight is 231 g/mol. The number of benzene rings is 1. The van der Waals surface area contributed by atoms with Crippen LogP contribution in [0.3, 0.4) is 0 Å². The van der Waals surface area contributed by atoms with E-state index in [-0.39, 0.29) is 5.41 Å². The van der Waals surface area contributed by atoms with Crippen molar-refractivity contribution in [3.63, 3.8) is 0 Å². The lowest BCUT2D eigenvalue weighted by Gasteiger charge is -2.41. The number of hydrogen-bond acceptors (Lipinski definition) is 2. The third-order valence-corrected chi connectivity index (χ3v) is 4.78. The summed E-state index contributed by atoms with van der Waals surface area (Å²) in [5.41, 5.74) is 9.67. The summed E-state index contributed by atoms with van der Waals surface area (Å²) in [5, 5.41) is 0. The van der Waals surface area contributed by atoms with Crippen LogP contribution >= 0.6 is 0 Å². The van der Waals surface area contributed by atoms with Gasteiger partial charge in [0.15, 0.2) is 0 Å². The fraction of sp³-hybridized carbons (Fsp3) is 0.600. The molecule has 0 radical (unpaired) electrons. The highest BCUT2D eigenvalue weighted by atomic mass is 16.5. The molecule has 0 amide bonds. The van der Waals surface area contributed by atoms with Gasteiger partial charge in [-0.2, -0.15) is 0 Å². The van der Waals surface area contributed by atoms with E-state index in [0.717, 1.165) is 18.6 Å². The normalized spacial score (nSPS) is 25.9. The van der Waals surface area contributed by atoms with Crippen LogP contribution in [0.1, 0.15) is 43.2 Å². The minimum Gasteiger partial charge on any atom is -0.497 e. The van der Waals surface area contributed by atoms with Crippen molar-refractivity contribution < 1.29 is 4.74 Å². The molecule has 92 valence electrons. The molecule has 1 fully saturated rings. The Kier molecular flexibility index (Phi) is 2.62. The molecule has 2 aliphatic carbocycles. The quantitative estimate of drug-likeness (QED) is 0.806. The first-order valence-electron chi connectivity index (χ1n) is 6.69. The topological polar surface area (TPSA) is 35.2 Å². The van der Waals surface area contributed by atoms with Gasteiger partial charge in [-0.3, -0.25) is 0 Å². The lowest BCUT2D eigenvalue weighted by molar-refractivity contribution is 0.311. The lowest BCUT2D eigenvalue weighted by Crippen LogP contribution is -2.47. The molecule has 2 N–H and O–H groups in total. The van der Waals surface area contributed by atoms with Crippen molar-refractivity contribution in [2.24, 2.45) is 5.73 Å².